The zero-order valence-corrected chi connectivity index (χ0v) is 41.0. The van der Waals surface area contributed by atoms with E-state index in [2.05, 4.69) is 290 Å². The normalized spacial score (nSPS) is 11.5. The number of hydrogen-bond acceptors (Lipinski definition) is 2. The van der Waals surface area contributed by atoms with Gasteiger partial charge in [-0.2, -0.15) is 0 Å². The maximum absolute atomic E-state index is 5.51. The molecule has 0 atom stereocenters. The lowest BCUT2D eigenvalue weighted by atomic mass is 9.91. The quantitative estimate of drug-likeness (QED) is 0.144. The molecule has 0 radical (unpaired) electrons. The van der Waals surface area contributed by atoms with Gasteiger partial charge >= 0.3 is 0 Å². The monoisotopic (exact) mass is 953 g/mol. The Kier molecular flexibility index (Phi) is 10.8. The summed E-state index contributed by atoms with van der Waals surface area (Å²) in [4.78, 5) is 11.0. The third kappa shape index (κ3) is 7.78. The van der Waals surface area contributed by atoms with Gasteiger partial charge in [0, 0.05) is 32.8 Å². The predicted molar refractivity (Wildman–Crippen MR) is 315 cm³/mol. The van der Waals surface area contributed by atoms with Gasteiger partial charge < -0.3 is 4.57 Å². The molecule has 0 fully saturated rings. The van der Waals surface area contributed by atoms with Gasteiger partial charge in [0.2, 0.25) is 0 Å². The maximum atomic E-state index is 5.51. The fourth-order valence-corrected chi connectivity index (χ4v) is 11.3. The Morgan fingerprint density at radius 1 is 0.213 bits per heavy atom. The Labute approximate surface area is 436 Å². The molecule has 0 aliphatic carbocycles. The SMILES string of the molecule is c1ccc(-c2ccc3c(c2)c2cc(-c4ccccc4)ccc2n3-c2ccc(-c3ccc(-c4nc(-c5ccccc5-c5ccccc5)cc(-c5ccccc5-c5ccccc5)n4)c4ccccc34)c3ccccc23)cc1. The summed E-state index contributed by atoms with van der Waals surface area (Å²) in [6.45, 7) is 0. The molecule has 14 aromatic rings. The highest BCUT2D eigenvalue weighted by Gasteiger charge is 2.21. The van der Waals surface area contributed by atoms with Crippen LogP contribution in [0.3, 0.4) is 0 Å². The summed E-state index contributed by atoms with van der Waals surface area (Å²) in [5.41, 5.74) is 19.9. The van der Waals surface area contributed by atoms with E-state index in [1.807, 2.05) is 0 Å². The fourth-order valence-electron chi connectivity index (χ4n) is 11.3. The first-order chi connectivity index (χ1) is 37.2. The Morgan fingerprint density at radius 2 is 0.573 bits per heavy atom. The molecule has 0 unspecified atom stereocenters. The molecule has 75 heavy (non-hydrogen) atoms. The Balaban J connectivity index is 0.949. The molecule has 2 heterocycles. The van der Waals surface area contributed by atoms with E-state index in [0.29, 0.717) is 5.82 Å². The summed E-state index contributed by atoms with van der Waals surface area (Å²) < 4.78 is 2.47. The molecular weight excluding hydrogens is 907 g/mol. The molecule has 350 valence electrons. The van der Waals surface area contributed by atoms with Crippen molar-refractivity contribution in [3.05, 3.63) is 285 Å². The van der Waals surface area contributed by atoms with Gasteiger partial charge in [-0.05, 0) is 114 Å². The highest BCUT2D eigenvalue weighted by Crippen LogP contribution is 2.44. The fraction of sp³-hybridized carbons (Fsp3) is 0. The summed E-state index contributed by atoms with van der Waals surface area (Å²) in [5.74, 6) is 0.674. The third-order valence-electron chi connectivity index (χ3n) is 14.9. The Morgan fingerprint density at radius 3 is 1.05 bits per heavy atom. The molecular formula is C72H47N3. The van der Waals surface area contributed by atoms with Gasteiger partial charge in [0.15, 0.2) is 5.82 Å². The number of benzene rings is 12. The minimum Gasteiger partial charge on any atom is -0.309 e. The number of nitrogens with zero attached hydrogens (tertiary/aromatic N) is 3. The van der Waals surface area contributed by atoms with Gasteiger partial charge in [-0.1, -0.05) is 243 Å². The predicted octanol–water partition coefficient (Wildman–Crippen LogP) is 19.2. The number of fused-ring (bicyclic) bond motifs is 5. The first kappa shape index (κ1) is 43.8. The lowest BCUT2D eigenvalue weighted by Crippen LogP contribution is -1.99. The van der Waals surface area contributed by atoms with E-state index in [1.165, 1.54) is 60.4 Å². The molecule has 3 heteroatoms. The topological polar surface area (TPSA) is 30.7 Å². The van der Waals surface area contributed by atoms with Crippen LogP contribution in [0, 0.1) is 0 Å². The van der Waals surface area contributed by atoms with E-state index in [-0.39, 0.29) is 0 Å². The second kappa shape index (κ2) is 18.6. The van der Waals surface area contributed by atoms with Crippen LogP contribution < -0.4 is 0 Å². The minimum absolute atomic E-state index is 0.674. The van der Waals surface area contributed by atoms with Crippen LogP contribution in [0.1, 0.15) is 0 Å². The number of aromatic nitrogens is 3. The van der Waals surface area contributed by atoms with E-state index in [1.54, 1.807) is 0 Å². The summed E-state index contributed by atoms with van der Waals surface area (Å²) in [5, 5.41) is 7.03. The average molecular weight is 954 g/mol. The summed E-state index contributed by atoms with van der Waals surface area (Å²) in [6, 6.07) is 103. The van der Waals surface area contributed by atoms with Crippen molar-refractivity contribution in [2.45, 2.75) is 0 Å². The van der Waals surface area contributed by atoms with Crippen LogP contribution in [0.25, 0.3) is 139 Å². The summed E-state index contributed by atoms with van der Waals surface area (Å²) >= 11 is 0. The number of rotatable bonds is 9. The molecule has 0 amide bonds. The molecule has 0 bridgehead atoms. The molecule has 3 nitrogen and oxygen atoms in total. The van der Waals surface area contributed by atoms with Gasteiger partial charge in [-0.25, -0.2) is 9.97 Å². The van der Waals surface area contributed by atoms with Gasteiger partial charge in [0.1, 0.15) is 0 Å². The largest absolute Gasteiger partial charge is 0.309 e. The first-order valence-electron chi connectivity index (χ1n) is 25.6. The van der Waals surface area contributed by atoms with Crippen molar-refractivity contribution in [3.8, 4) is 95.2 Å². The average Bonchev–Trinajstić information content (AvgIpc) is 3.82. The molecule has 2 aromatic heterocycles. The van der Waals surface area contributed by atoms with E-state index >= 15 is 0 Å². The molecule has 14 rings (SSSR count). The van der Waals surface area contributed by atoms with E-state index in [9.17, 15) is 0 Å². The molecule has 0 saturated heterocycles. The van der Waals surface area contributed by atoms with Crippen LogP contribution in [0.4, 0.5) is 0 Å². The zero-order chi connectivity index (χ0) is 49.7. The first-order valence-corrected chi connectivity index (χ1v) is 25.6. The molecule has 12 aromatic carbocycles. The van der Waals surface area contributed by atoms with Crippen LogP contribution in [0.15, 0.2) is 285 Å². The Hall–Kier alpha value is -9.96. The smallest absolute Gasteiger partial charge is 0.161 e. The molecule has 0 N–H and O–H groups in total. The van der Waals surface area contributed by atoms with Gasteiger partial charge in [-0.3, -0.25) is 0 Å². The maximum Gasteiger partial charge on any atom is 0.161 e. The van der Waals surface area contributed by atoms with Gasteiger partial charge in [-0.15, -0.1) is 0 Å². The lowest BCUT2D eigenvalue weighted by Gasteiger charge is -2.18. The molecule has 0 aliphatic rings. The van der Waals surface area contributed by atoms with E-state index < -0.39 is 0 Å². The Bertz CT molecular complexity index is 4250. The number of hydrogen-bond donors (Lipinski definition) is 0. The van der Waals surface area contributed by atoms with E-state index in [0.717, 1.165) is 72.4 Å². The second-order valence-electron chi connectivity index (χ2n) is 19.2. The summed E-state index contributed by atoms with van der Waals surface area (Å²) in [7, 11) is 0. The van der Waals surface area contributed by atoms with Crippen LogP contribution >= 0.6 is 0 Å². The minimum atomic E-state index is 0.674. The lowest BCUT2D eigenvalue weighted by molar-refractivity contribution is 1.19. The van der Waals surface area contributed by atoms with Crippen molar-refractivity contribution >= 4 is 43.4 Å². The van der Waals surface area contributed by atoms with Crippen LogP contribution in [-0.4, -0.2) is 14.5 Å². The van der Waals surface area contributed by atoms with Crippen LogP contribution in [0.2, 0.25) is 0 Å². The molecule has 0 aliphatic heterocycles. The second-order valence-corrected chi connectivity index (χ2v) is 19.2. The summed E-state index contributed by atoms with van der Waals surface area (Å²) in [6.07, 6.45) is 0. The molecule has 0 saturated carbocycles. The van der Waals surface area contributed by atoms with Crippen LogP contribution in [0.5, 0.6) is 0 Å². The van der Waals surface area contributed by atoms with Crippen molar-refractivity contribution in [1.29, 1.82) is 0 Å². The van der Waals surface area contributed by atoms with Crippen molar-refractivity contribution in [2.75, 3.05) is 0 Å². The zero-order valence-electron chi connectivity index (χ0n) is 41.0. The van der Waals surface area contributed by atoms with Gasteiger partial charge in [0.05, 0.1) is 28.1 Å². The van der Waals surface area contributed by atoms with Crippen molar-refractivity contribution in [1.82, 2.24) is 14.5 Å². The van der Waals surface area contributed by atoms with Gasteiger partial charge in [0.25, 0.3) is 0 Å². The standard InChI is InChI=1S/C72H47N3/c1-5-21-48(22-6-1)52-37-42-70-65(45-52)66-46-53(49-23-7-2-8-24-49)38-43-71(66)75(70)69-44-41-60(57-32-17-20-36-63(57)69)59-39-40-64(58-33-16-15-31-56(58)59)72-73-67(61-34-18-13-29-54(61)50-25-9-3-10-26-50)47-68(74-72)62-35-19-14-30-55(62)51-27-11-4-12-28-51/h1-47H. The van der Waals surface area contributed by atoms with E-state index in [4.69, 9.17) is 9.97 Å². The van der Waals surface area contributed by atoms with Crippen molar-refractivity contribution in [2.24, 2.45) is 0 Å². The highest BCUT2D eigenvalue weighted by atomic mass is 15.0. The van der Waals surface area contributed by atoms with Crippen molar-refractivity contribution < 1.29 is 0 Å². The highest BCUT2D eigenvalue weighted by molar-refractivity contribution is 6.15. The third-order valence-corrected chi connectivity index (χ3v) is 14.9. The van der Waals surface area contributed by atoms with Crippen molar-refractivity contribution in [3.63, 3.8) is 0 Å². The van der Waals surface area contributed by atoms with Crippen LogP contribution in [-0.2, 0) is 0 Å². The molecule has 0 spiro atoms.